The third-order valence-corrected chi connectivity index (χ3v) is 2.63. The van der Waals surface area contributed by atoms with Crippen LogP contribution >= 0.6 is 0 Å². The highest BCUT2D eigenvalue weighted by Gasteiger charge is 2.21. The Hall–Kier alpha value is -0.590. The molecule has 0 bridgehead atoms. The van der Waals surface area contributed by atoms with Crippen LogP contribution in [0.25, 0.3) is 0 Å². The van der Waals surface area contributed by atoms with Crippen molar-refractivity contribution in [1.29, 1.82) is 0 Å². The zero-order chi connectivity index (χ0) is 9.30. The van der Waals surface area contributed by atoms with Crippen molar-refractivity contribution in [2.75, 3.05) is 0 Å². The van der Waals surface area contributed by atoms with Gasteiger partial charge in [0.2, 0.25) is 0 Å². The van der Waals surface area contributed by atoms with Gasteiger partial charge in [0, 0.05) is 5.71 Å². The van der Waals surface area contributed by atoms with E-state index in [9.17, 15) is 0 Å². The number of aliphatic imine (C=N–C) groups is 1. The molecule has 0 saturated heterocycles. The van der Waals surface area contributed by atoms with Crippen molar-refractivity contribution in [3.05, 3.63) is 11.1 Å². The SMILES string of the molecule is CCC1=C(C)C(C(C)C)=NC1C. The van der Waals surface area contributed by atoms with Crippen molar-refractivity contribution in [2.45, 2.75) is 47.1 Å². The molecule has 0 aromatic rings. The van der Waals surface area contributed by atoms with Crippen LogP contribution in [-0.4, -0.2) is 11.8 Å². The van der Waals surface area contributed by atoms with Gasteiger partial charge in [-0.25, -0.2) is 0 Å². The number of hydrogen-bond donors (Lipinski definition) is 0. The fraction of sp³-hybridized carbons (Fsp3) is 0.727. The minimum absolute atomic E-state index is 0.437. The van der Waals surface area contributed by atoms with Crippen LogP contribution in [0.4, 0.5) is 0 Å². The third-order valence-electron chi connectivity index (χ3n) is 2.63. The fourth-order valence-electron chi connectivity index (χ4n) is 2.00. The molecule has 0 saturated carbocycles. The van der Waals surface area contributed by atoms with Gasteiger partial charge >= 0.3 is 0 Å². The van der Waals surface area contributed by atoms with Crippen molar-refractivity contribution in [2.24, 2.45) is 10.9 Å². The lowest BCUT2D eigenvalue weighted by molar-refractivity contribution is 0.819. The van der Waals surface area contributed by atoms with Crippen LogP contribution in [0.1, 0.15) is 41.0 Å². The standard InChI is InChI=1S/C11H19N/c1-6-10-8(4)11(7(2)3)12-9(10)5/h7,9H,6H2,1-5H3. The van der Waals surface area contributed by atoms with E-state index in [1.54, 1.807) is 0 Å². The second kappa shape index (κ2) is 3.42. The highest BCUT2D eigenvalue weighted by Crippen LogP contribution is 2.26. The van der Waals surface area contributed by atoms with Gasteiger partial charge < -0.3 is 0 Å². The number of rotatable bonds is 2. The molecule has 68 valence electrons. The van der Waals surface area contributed by atoms with Gasteiger partial charge in [-0.1, -0.05) is 20.8 Å². The van der Waals surface area contributed by atoms with E-state index < -0.39 is 0 Å². The molecule has 1 aliphatic heterocycles. The summed E-state index contributed by atoms with van der Waals surface area (Å²) in [4.78, 5) is 4.66. The molecule has 1 aliphatic rings. The predicted molar refractivity (Wildman–Crippen MR) is 54.7 cm³/mol. The molecule has 1 heteroatoms. The minimum atomic E-state index is 0.437. The summed E-state index contributed by atoms with van der Waals surface area (Å²) in [6.07, 6.45) is 1.15. The maximum atomic E-state index is 4.66. The van der Waals surface area contributed by atoms with Gasteiger partial charge in [-0.3, -0.25) is 4.99 Å². The summed E-state index contributed by atoms with van der Waals surface area (Å²) in [5.74, 6) is 0.580. The van der Waals surface area contributed by atoms with Crippen molar-refractivity contribution in [3.63, 3.8) is 0 Å². The molecule has 0 aliphatic carbocycles. The van der Waals surface area contributed by atoms with E-state index in [4.69, 9.17) is 0 Å². The van der Waals surface area contributed by atoms with Gasteiger partial charge in [-0.2, -0.15) is 0 Å². The first kappa shape index (κ1) is 9.50. The minimum Gasteiger partial charge on any atom is -0.282 e. The lowest BCUT2D eigenvalue weighted by Gasteiger charge is -2.06. The Morgan fingerprint density at radius 3 is 2.25 bits per heavy atom. The first-order valence-corrected chi connectivity index (χ1v) is 4.85. The van der Waals surface area contributed by atoms with Gasteiger partial charge in [0.05, 0.1) is 6.04 Å². The summed E-state index contributed by atoms with van der Waals surface area (Å²) >= 11 is 0. The highest BCUT2D eigenvalue weighted by molar-refractivity contribution is 6.03. The summed E-state index contributed by atoms with van der Waals surface area (Å²) < 4.78 is 0. The molecule has 0 amide bonds. The summed E-state index contributed by atoms with van der Waals surface area (Å²) in [6.45, 7) is 11.0. The Bertz CT molecular complexity index is 233. The molecule has 0 N–H and O–H groups in total. The molecule has 1 nitrogen and oxygen atoms in total. The van der Waals surface area contributed by atoms with E-state index in [2.05, 4.69) is 39.6 Å². The van der Waals surface area contributed by atoms with Gasteiger partial charge in [-0.05, 0) is 37.3 Å². The predicted octanol–water partition coefficient (Wildman–Crippen LogP) is 3.21. The lowest BCUT2D eigenvalue weighted by Crippen LogP contribution is -2.06. The van der Waals surface area contributed by atoms with Crippen LogP contribution in [0.2, 0.25) is 0 Å². The van der Waals surface area contributed by atoms with Gasteiger partial charge in [0.1, 0.15) is 0 Å². The Balaban J connectivity index is 2.95. The summed E-state index contributed by atoms with van der Waals surface area (Å²) in [5.41, 5.74) is 4.29. The average Bonchev–Trinajstić information content (AvgIpc) is 2.27. The molecular weight excluding hydrogens is 146 g/mol. The molecule has 0 aromatic heterocycles. The zero-order valence-corrected chi connectivity index (χ0v) is 8.81. The summed E-state index contributed by atoms with van der Waals surface area (Å²) in [7, 11) is 0. The molecule has 1 unspecified atom stereocenters. The van der Waals surface area contributed by atoms with Crippen LogP contribution in [0.5, 0.6) is 0 Å². The normalized spacial score (nSPS) is 23.8. The quantitative estimate of drug-likeness (QED) is 0.595. The molecular formula is C11H19N. The van der Waals surface area contributed by atoms with Crippen LogP contribution in [0, 0.1) is 5.92 Å². The van der Waals surface area contributed by atoms with Crippen LogP contribution < -0.4 is 0 Å². The smallest absolute Gasteiger partial charge is 0.0690 e. The average molecular weight is 165 g/mol. The number of nitrogens with zero attached hydrogens (tertiary/aromatic N) is 1. The Morgan fingerprint density at radius 2 is 2.00 bits per heavy atom. The van der Waals surface area contributed by atoms with E-state index in [-0.39, 0.29) is 0 Å². The molecule has 0 aromatic carbocycles. The van der Waals surface area contributed by atoms with E-state index in [0.717, 1.165) is 6.42 Å². The molecule has 0 fully saturated rings. The summed E-state index contributed by atoms with van der Waals surface area (Å²) in [6, 6.07) is 0.437. The van der Waals surface area contributed by atoms with Crippen LogP contribution in [0.3, 0.4) is 0 Å². The molecule has 12 heavy (non-hydrogen) atoms. The van der Waals surface area contributed by atoms with E-state index in [0.29, 0.717) is 12.0 Å². The maximum absolute atomic E-state index is 4.66. The van der Waals surface area contributed by atoms with Crippen molar-refractivity contribution >= 4 is 5.71 Å². The first-order valence-electron chi connectivity index (χ1n) is 4.85. The van der Waals surface area contributed by atoms with Crippen molar-refractivity contribution in [1.82, 2.24) is 0 Å². The fourth-order valence-corrected chi connectivity index (χ4v) is 2.00. The van der Waals surface area contributed by atoms with E-state index in [1.807, 2.05) is 0 Å². The Kier molecular flexibility index (Phi) is 2.71. The zero-order valence-electron chi connectivity index (χ0n) is 8.81. The second-order valence-corrected chi connectivity index (χ2v) is 3.85. The van der Waals surface area contributed by atoms with Crippen molar-refractivity contribution in [3.8, 4) is 0 Å². The molecule has 0 spiro atoms. The monoisotopic (exact) mass is 165 g/mol. The van der Waals surface area contributed by atoms with E-state index in [1.165, 1.54) is 16.9 Å². The molecule has 1 heterocycles. The lowest BCUT2D eigenvalue weighted by atomic mass is 9.97. The second-order valence-electron chi connectivity index (χ2n) is 3.85. The molecule has 1 atom stereocenters. The topological polar surface area (TPSA) is 12.4 Å². The largest absolute Gasteiger partial charge is 0.282 e. The highest BCUT2D eigenvalue weighted by atomic mass is 14.8. The van der Waals surface area contributed by atoms with Crippen molar-refractivity contribution < 1.29 is 0 Å². The number of hydrogen-bond acceptors (Lipinski definition) is 1. The third kappa shape index (κ3) is 1.45. The van der Waals surface area contributed by atoms with Crippen LogP contribution in [-0.2, 0) is 0 Å². The van der Waals surface area contributed by atoms with Crippen LogP contribution in [0.15, 0.2) is 16.1 Å². The first-order chi connectivity index (χ1) is 5.57. The van der Waals surface area contributed by atoms with Gasteiger partial charge in [-0.15, -0.1) is 0 Å². The molecule has 0 radical (unpaired) electrons. The Labute approximate surface area is 75.6 Å². The maximum Gasteiger partial charge on any atom is 0.0690 e. The number of allylic oxidation sites excluding steroid dienone is 1. The van der Waals surface area contributed by atoms with E-state index >= 15 is 0 Å². The Morgan fingerprint density at radius 1 is 1.42 bits per heavy atom. The molecule has 1 rings (SSSR count). The summed E-state index contributed by atoms with van der Waals surface area (Å²) in [5, 5.41) is 0. The van der Waals surface area contributed by atoms with Gasteiger partial charge in [0.15, 0.2) is 0 Å². The van der Waals surface area contributed by atoms with Gasteiger partial charge in [0.25, 0.3) is 0 Å².